The summed E-state index contributed by atoms with van der Waals surface area (Å²) in [6.07, 6.45) is 0. The number of nitrogens with one attached hydrogen (secondary N) is 1. The Labute approximate surface area is 124 Å². The first kappa shape index (κ1) is 14.7. The van der Waals surface area contributed by atoms with Crippen molar-refractivity contribution in [2.24, 2.45) is 0 Å². The summed E-state index contributed by atoms with van der Waals surface area (Å²) in [6.45, 7) is 0.518. The largest absolute Gasteiger partial charge is 0.497 e. The van der Waals surface area contributed by atoms with Gasteiger partial charge in [0.05, 0.1) is 13.2 Å². The first-order valence-electron chi connectivity index (χ1n) is 6.42. The highest BCUT2D eigenvalue weighted by Crippen LogP contribution is 2.22. The summed E-state index contributed by atoms with van der Waals surface area (Å²) in [5.41, 5.74) is 1.12. The molecule has 0 bridgehead atoms. The van der Waals surface area contributed by atoms with Crippen molar-refractivity contribution in [1.82, 2.24) is 5.32 Å². The Bertz CT molecular complexity index is 560. The van der Waals surface area contributed by atoms with Gasteiger partial charge in [0.15, 0.2) is 0 Å². The van der Waals surface area contributed by atoms with E-state index in [0.717, 1.165) is 17.1 Å². The topological polar surface area (TPSA) is 30.5 Å². The molecule has 0 aromatic heterocycles. The van der Waals surface area contributed by atoms with Gasteiger partial charge in [-0.05, 0) is 42.9 Å². The van der Waals surface area contributed by atoms with Crippen LogP contribution in [0.25, 0.3) is 0 Å². The lowest BCUT2D eigenvalue weighted by Crippen LogP contribution is -2.23. The van der Waals surface area contributed by atoms with Crippen molar-refractivity contribution in [2.75, 3.05) is 20.8 Å². The van der Waals surface area contributed by atoms with E-state index in [4.69, 9.17) is 21.1 Å². The van der Waals surface area contributed by atoms with Gasteiger partial charge in [-0.15, -0.1) is 0 Å². The van der Waals surface area contributed by atoms with Gasteiger partial charge in [0.2, 0.25) is 0 Å². The van der Waals surface area contributed by atoms with Crippen molar-refractivity contribution < 1.29 is 9.47 Å². The molecule has 106 valence electrons. The summed E-state index contributed by atoms with van der Waals surface area (Å²) in [6, 6.07) is 15.4. The van der Waals surface area contributed by atoms with Crippen molar-refractivity contribution in [3.05, 3.63) is 59.1 Å². The number of likely N-dealkylation sites (N-methyl/N-ethyl adjacent to an activating group) is 1. The van der Waals surface area contributed by atoms with Crippen LogP contribution >= 0.6 is 11.6 Å². The first-order valence-corrected chi connectivity index (χ1v) is 6.80. The van der Waals surface area contributed by atoms with Crippen molar-refractivity contribution in [3.63, 3.8) is 0 Å². The lowest BCUT2D eigenvalue weighted by molar-refractivity contribution is 0.273. The Morgan fingerprint density at radius 3 is 2.55 bits per heavy atom. The summed E-state index contributed by atoms with van der Waals surface area (Å²) in [5.74, 6) is 1.60. The highest BCUT2D eigenvalue weighted by molar-refractivity contribution is 6.30. The van der Waals surface area contributed by atoms with Gasteiger partial charge in [0, 0.05) is 5.02 Å². The maximum absolute atomic E-state index is 5.94. The monoisotopic (exact) mass is 291 g/mol. The summed E-state index contributed by atoms with van der Waals surface area (Å²) >= 11 is 5.94. The quantitative estimate of drug-likeness (QED) is 0.880. The molecule has 0 spiro atoms. The van der Waals surface area contributed by atoms with E-state index < -0.39 is 0 Å². The molecule has 0 aliphatic carbocycles. The molecule has 4 heteroatoms. The average molecular weight is 292 g/mol. The number of ether oxygens (including phenoxy) is 2. The van der Waals surface area contributed by atoms with E-state index in [1.807, 2.05) is 49.5 Å². The third-order valence-corrected chi connectivity index (χ3v) is 3.29. The maximum Gasteiger partial charge on any atom is 0.120 e. The molecule has 0 aliphatic heterocycles. The Balaban J connectivity index is 2.05. The van der Waals surface area contributed by atoms with Gasteiger partial charge in [0.25, 0.3) is 0 Å². The Morgan fingerprint density at radius 2 is 1.85 bits per heavy atom. The van der Waals surface area contributed by atoms with Crippen molar-refractivity contribution >= 4 is 11.6 Å². The number of methoxy groups -OCH3 is 1. The smallest absolute Gasteiger partial charge is 0.120 e. The van der Waals surface area contributed by atoms with Crippen LogP contribution in [0, 0.1) is 0 Å². The van der Waals surface area contributed by atoms with E-state index in [1.165, 1.54) is 0 Å². The van der Waals surface area contributed by atoms with Crippen LogP contribution < -0.4 is 14.8 Å². The number of halogens is 1. The molecule has 2 aromatic carbocycles. The van der Waals surface area contributed by atoms with E-state index in [9.17, 15) is 0 Å². The molecule has 0 saturated carbocycles. The number of rotatable bonds is 6. The Kier molecular flexibility index (Phi) is 5.27. The van der Waals surface area contributed by atoms with Crippen LogP contribution in [0.5, 0.6) is 11.5 Å². The van der Waals surface area contributed by atoms with E-state index in [0.29, 0.717) is 11.6 Å². The standard InChI is InChI=1S/C16H18ClNO2/c1-18-16(12-5-3-7-14(9-12)19-2)11-20-15-8-4-6-13(17)10-15/h3-10,16,18H,11H2,1-2H3. The van der Waals surface area contributed by atoms with Crippen molar-refractivity contribution in [1.29, 1.82) is 0 Å². The third-order valence-electron chi connectivity index (χ3n) is 3.06. The van der Waals surface area contributed by atoms with Crippen LogP contribution in [0.3, 0.4) is 0 Å². The second kappa shape index (κ2) is 7.17. The van der Waals surface area contributed by atoms with E-state index >= 15 is 0 Å². The van der Waals surface area contributed by atoms with E-state index in [2.05, 4.69) is 5.32 Å². The fourth-order valence-electron chi connectivity index (χ4n) is 1.94. The fraction of sp³-hybridized carbons (Fsp3) is 0.250. The van der Waals surface area contributed by atoms with Gasteiger partial charge >= 0.3 is 0 Å². The number of hydrogen-bond donors (Lipinski definition) is 1. The van der Waals surface area contributed by atoms with E-state index in [-0.39, 0.29) is 6.04 Å². The van der Waals surface area contributed by atoms with Gasteiger partial charge < -0.3 is 14.8 Å². The molecule has 0 fully saturated rings. The molecule has 20 heavy (non-hydrogen) atoms. The number of hydrogen-bond acceptors (Lipinski definition) is 3. The second-order valence-electron chi connectivity index (χ2n) is 4.39. The highest BCUT2D eigenvalue weighted by Gasteiger charge is 2.11. The molecule has 3 nitrogen and oxygen atoms in total. The molecule has 0 saturated heterocycles. The predicted octanol–water partition coefficient (Wildman–Crippen LogP) is 3.69. The van der Waals surface area contributed by atoms with Gasteiger partial charge in [-0.1, -0.05) is 29.8 Å². The second-order valence-corrected chi connectivity index (χ2v) is 4.82. The highest BCUT2D eigenvalue weighted by atomic mass is 35.5. The maximum atomic E-state index is 5.94. The van der Waals surface area contributed by atoms with Crippen molar-refractivity contribution in [3.8, 4) is 11.5 Å². The Hall–Kier alpha value is -1.71. The summed E-state index contributed by atoms with van der Waals surface area (Å²) in [7, 11) is 3.57. The van der Waals surface area contributed by atoms with Gasteiger partial charge in [0.1, 0.15) is 18.1 Å². The SMILES string of the molecule is CNC(COc1cccc(Cl)c1)c1cccc(OC)c1. The zero-order chi connectivity index (χ0) is 14.4. The predicted molar refractivity (Wildman–Crippen MR) is 81.7 cm³/mol. The van der Waals surface area contributed by atoms with Gasteiger partial charge in [-0.25, -0.2) is 0 Å². The minimum Gasteiger partial charge on any atom is -0.497 e. The minimum atomic E-state index is 0.0871. The molecule has 1 N–H and O–H groups in total. The summed E-state index contributed by atoms with van der Waals surface area (Å²) in [4.78, 5) is 0. The molecular formula is C16H18ClNO2. The molecule has 2 aromatic rings. The van der Waals surface area contributed by atoms with Crippen LogP contribution in [0.2, 0.25) is 5.02 Å². The molecule has 1 unspecified atom stereocenters. The van der Waals surface area contributed by atoms with Gasteiger partial charge in [-0.2, -0.15) is 0 Å². The molecule has 0 heterocycles. The lowest BCUT2D eigenvalue weighted by atomic mass is 10.1. The first-order chi connectivity index (χ1) is 9.72. The molecular weight excluding hydrogens is 274 g/mol. The molecule has 1 atom stereocenters. The Morgan fingerprint density at radius 1 is 1.10 bits per heavy atom. The molecule has 2 rings (SSSR count). The van der Waals surface area contributed by atoms with Crippen LogP contribution in [-0.4, -0.2) is 20.8 Å². The zero-order valence-electron chi connectivity index (χ0n) is 11.6. The van der Waals surface area contributed by atoms with E-state index in [1.54, 1.807) is 13.2 Å². The number of benzene rings is 2. The fourth-order valence-corrected chi connectivity index (χ4v) is 2.12. The third kappa shape index (κ3) is 3.89. The van der Waals surface area contributed by atoms with Crippen LogP contribution in [0.1, 0.15) is 11.6 Å². The minimum absolute atomic E-state index is 0.0871. The molecule has 0 radical (unpaired) electrons. The summed E-state index contributed by atoms with van der Waals surface area (Å²) < 4.78 is 11.0. The van der Waals surface area contributed by atoms with Crippen LogP contribution in [-0.2, 0) is 0 Å². The van der Waals surface area contributed by atoms with Gasteiger partial charge in [-0.3, -0.25) is 0 Å². The molecule has 0 aliphatic rings. The molecule has 0 amide bonds. The van der Waals surface area contributed by atoms with Crippen LogP contribution in [0.15, 0.2) is 48.5 Å². The lowest BCUT2D eigenvalue weighted by Gasteiger charge is -2.18. The average Bonchev–Trinajstić information content (AvgIpc) is 2.48. The zero-order valence-corrected chi connectivity index (χ0v) is 12.4. The summed E-state index contributed by atoms with van der Waals surface area (Å²) in [5, 5.41) is 3.91. The normalized spacial score (nSPS) is 11.9. The van der Waals surface area contributed by atoms with Crippen LogP contribution in [0.4, 0.5) is 0 Å². The van der Waals surface area contributed by atoms with Crippen molar-refractivity contribution in [2.45, 2.75) is 6.04 Å².